The van der Waals surface area contributed by atoms with Gasteiger partial charge in [-0.3, -0.25) is 4.72 Å². The third-order valence-electron chi connectivity index (χ3n) is 2.35. The number of hydrogen-bond acceptors (Lipinski definition) is 3. The number of halogens is 3. The van der Waals surface area contributed by atoms with Gasteiger partial charge in [-0.25, -0.2) is 8.78 Å². The summed E-state index contributed by atoms with van der Waals surface area (Å²) in [6.07, 6.45) is 0. The summed E-state index contributed by atoms with van der Waals surface area (Å²) in [5.41, 5.74) is 0. The van der Waals surface area contributed by atoms with E-state index < -0.39 is 11.6 Å². The molecule has 0 amide bonds. The normalized spacial score (nSPS) is 10.6. The summed E-state index contributed by atoms with van der Waals surface area (Å²) in [7, 11) is 0. The van der Waals surface area contributed by atoms with Crippen molar-refractivity contribution in [2.75, 3.05) is 6.54 Å². The number of hydrogen-bond donors (Lipinski definition) is 1. The maximum Gasteiger partial charge on any atom is 0.168 e. The monoisotopic (exact) mass is 359 g/mol. The zero-order valence-electron chi connectivity index (χ0n) is 10.6. The molecular formula is C14H12BrF2NOS. The molecule has 2 rings (SSSR count). The van der Waals surface area contributed by atoms with Crippen LogP contribution in [0.1, 0.15) is 6.92 Å². The van der Waals surface area contributed by atoms with Crippen molar-refractivity contribution < 1.29 is 13.5 Å². The van der Waals surface area contributed by atoms with Crippen LogP contribution in [0.5, 0.6) is 11.5 Å². The van der Waals surface area contributed by atoms with Crippen LogP contribution in [0.25, 0.3) is 0 Å². The van der Waals surface area contributed by atoms with Crippen LogP contribution >= 0.6 is 27.9 Å². The van der Waals surface area contributed by atoms with E-state index in [1.165, 1.54) is 18.0 Å². The van der Waals surface area contributed by atoms with Crippen molar-refractivity contribution in [3.8, 4) is 11.5 Å². The van der Waals surface area contributed by atoms with Gasteiger partial charge in [0.25, 0.3) is 0 Å². The Labute approximate surface area is 128 Å². The van der Waals surface area contributed by atoms with E-state index in [0.29, 0.717) is 10.2 Å². The highest BCUT2D eigenvalue weighted by molar-refractivity contribution is 9.10. The molecule has 1 N–H and O–H groups in total. The Kier molecular flexibility index (Phi) is 5.39. The van der Waals surface area contributed by atoms with E-state index in [4.69, 9.17) is 4.74 Å². The van der Waals surface area contributed by atoms with E-state index in [0.717, 1.165) is 23.6 Å². The molecule has 2 nitrogen and oxygen atoms in total. The van der Waals surface area contributed by atoms with Crippen LogP contribution < -0.4 is 9.46 Å². The lowest BCUT2D eigenvalue weighted by molar-refractivity contribution is 0.435. The van der Waals surface area contributed by atoms with E-state index in [1.807, 2.05) is 19.1 Å². The molecule has 0 heterocycles. The molecule has 0 saturated heterocycles. The molecule has 2 aromatic carbocycles. The molecule has 0 aliphatic heterocycles. The highest BCUT2D eigenvalue weighted by atomic mass is 79.9. The van der Waals surface area contributed by atoms with Gasteiger partial charge in [0, 0.05) is 17.5 Å². The van der Waals surface area contributed by atoms with E-state index in [2.05, 4.69) is 20.7 Å². The molecule has 0 aliphatic rings. The minimum atomic E-state index is -0.733. The van der Waals surface area contributed by atoms with E-state index in [9.17, 15) is 8.78 Å². The van der Waals surface area contributed by atoms with Crippen LogP contribution in [0.15, 0.2) is 45.8 Å². The standard InChI is InChI=1S/C14H12BrF2NOS/c1-2-18-20-10-4-6-13(11(15)8-10)19-14-5-3-9(16)7-12(14)17/h3-8,18H,2H2,1H3. The quantitative estimate of drug-likeness (QED) is 0.747. The first-order valence-electron chi connectivity index (χ1n) is 5.92. The van der Waals surface area contributed by atoms with Crippen molar-refractivity contribution in [2.45, 2.75) is 11.8 Å². The second-order valence-corrected chi connectivity index (χ2v) is 5.69. The Morgan fingerprint density at radius 3 is 2.55 bits per heavy atom. The van der Waals surface area contributed by atoms with Gasteiger partial charge in [0.2, 0.25) is 0 Å². The van der Waals surface area contributed by atoms with Crippen molar-refractivity contribution in [3.05, 3.63) is 52.5 Å². The van der Waals surface area contributed by atoms with E-state index in [1.54, 1.807) is 6.07 Å². The van der Waals surface area contributed by atoms with Crippen molar-refractivity contribution in [1.82, 2.24) is 4.72 Å². The minimum Gasteiger partial charge on any atom is -0.453 e. The predicted octanol–water partition coefficient (Wildman–Crippen LogP) is 5.14. The lowest BCUT2D eigenvalue weighted by atomic mass is 10.3. The SMILES string of the molecule is CCNSc1ccc(Oc2ccc(F)cc2F)c(Br)c1. The van der Waals surface area contributed by atoms with Crippen LogP contribution in [-0.2, 0) is 0 Å². The van der Waals surface area contributed by atoms with Gasteiger partial charge in [0.1, 0.15) is 11.6 Å². The highest BCUT2D eigenvalue weighted by Crippen LogP contribution is 2.33. The summed E-state index contributed by atoms with van der Waals surface area (Å²) in [5.74, 6) is -0.912. The topological polar surface area (TPSA) is 21.3 Å². The van der Waals surface area contributed by atoms with Crippen molar-refractivity contribution in [2.24, 2.45) is 0 Å². The summed E-state index contributed by atoms with van der Waals surface area (Å²) in [5, 5.41) is 0. The second-order valence-electron chi connectivity index (χ2n) is 3.87. The molecule has 0 spiro atoms. The smallest absolute Gasteiger partial charge is 0.168 e. The third kappa shape index (κ3) is 3.94. The van der Waals surface area contributed by atoms with Crippen LogP contribution in [-0.4, -0.2) is 6.54 Å². The van der Waals surface area contributed by atoms with Gasteiger partial charge in [-0.2, -0.15) is 0 Å². The Morgan fingerprint density at radius 2 is 1.90 bits per heavy atom. The Hall–Kier alpha value is -1.11. The molecule has 0 aliphatic carbocycles. The molecule has 0 atom stereocenters. The molecule has 0 radical (unpaired) electrons. The zero-order valence-corrected chi connectivity index (χ0v) is 13.0. The largest absolute Gasteiger partial charge is 0.453 e. The Balaban J connectivity index is 2.17. The maximum atomic E-state index is 13.5. The Morgan fingerprint density at radius 1 is 1.15 bits per heavy atom. The summed E-state index contributed by atoms with van der Waals surface area (Å²) in [6.45, 7) is 2.86. The molecule has 0 saturated carbocycles. The van der Waals surface area contributed by atoms with Gasteiger partial charge in [0.05, 0.1) is 4.47 Å². The average molecular weight is 360 g/mol. The molecule has 0 aromatic heterocycles. The number of rotatable bonds is 5. The number of ether oxygens (including phenoxy) is 1. The summed E-state index contributed by atoms with van der Waals surface area (Å²) in [6, 6.07) is 8.66. The zero-order chi connectivity index (χ0) is 14.5. The molecule has 0 unspecified atom stereocenters. The molecule has 20 heavy (non-hydrogen) atoms. The fourth-order valence-electron chi connectivity index (χ4n) is 1.46. The third-order valence-corrected chi connectivity index (χ3v) is 3.89. The molecule has 6 heteroatoms. The van der Waals surface area contributed by atoms with Crippen LogP contribution in [0.2, 0.25) is 0 Å². The van der Waals surface area contributed by atoms with Crippen molar-refractivity contribution >= 4 is 27.9 Å². The Bertz CT molecular complexity index is 610. The maximum absolute atomic E-state index is 13.5. The molecular weight excluding hydrogens is 348 g/mol. The van der Waals surface area contributed by atoms with Gasteiger partial charge in [-0.1, -0.05) is 6.92 Å². The fourth-order valence-corrected chi connectivity index (χ4v) is 2.69. The van der Waals surface area contributed by atoms with Crippen molar-refractivity contribution in [3.63, 3.8) is 0 Å². The summed E-state index contributed by atoms with van der Waals surface area (Å²) < 4.78 is 35.6. The van der Waals surface area contributed by atoms with Crippen molar-refractivity contribution in [1.29, 1.82) is 0 Å². The van der Waals surface area contributed by atoms with Crippen LogP contribution in [0.4, 0.5) is 8.78 Å². The molecule has 106 valence electrons. The molecule has 2 aromatic rings. The van der Waals surface area contributed by atoms with Gasteiger partial charge in [-0.05, 0) is 58.2 Å². The van der Waals surface area contributed by atoms with E-state index >= 15 is 0 Å². The highest BCUT2D eigenvalue weighted by Gasteiger charge is 2.09. The minimum absolute atomic E-state index is 0.0146. The fraction of sp³-hybridized carbons (Fsp3) is 0.143. The molecule has 0 bridgehead atoms. The first-order chi connectivity index (χ1) is 9.60. The van der Waals surface area contributed by atoms with Gasteiger partial charge in [0.15, 0.2) is 11.6 Å². The first kappa shape index (κ1) is 15.3. The number of benzene rings is 2. The first-order valence-corrected chi connectivity index (χ1v) is 7.53. The number of nitrogens with one attached hydrogen (secondary N) is 1. The predicted molar refractivity (Wildman–Crippen MR) is 80.1 cm³/mol. The summed E-state index contributed by atoms with van der Waals surface area (Å²) >= 11 is 4.87. The second kappa shape index (κ2) is 7.06. The van der Waals surface area contributed by atoms with Crippen LogP contribution in [0.3, 0.4) is 0 Å². The molecule has 0 fully saturated rings. The van der Waals surface area contributed by atoms with Gasteiger partial charge in [-0.15, -0.1) is 0 Å². The lowest BCUT2D eigenvalue weighted by Gasteiger charge is -2.10. The van der Waals surface area contributed by atoms with Gasteiger partial charge < -0.3 is 4.74 Å². The van der Waals surface area contributed by atoms with E-state index in [-0.39, 0.29) is 5.75 Å². The van der Waals surface area contributed by atoms with Gasteiger partial charge >= 0.3 is 0 Å². The summed E-state index contributed by atoms with van der Waals surface area (Å²) in [4.78, 5) is 1.01. The van der Waals surface area contributed by atoms with Crippen LogP contribution in [0, 0.1) is 11.6 Å². The lowest BCUT2D eigenvalue weighted by Crippen LogP contribution is -1.99. The average Bonchev–Trinajstić information content (AvgIpc) is 2.42.